The third-order valence-corrected chi connectivity index (χ3v) is 2.43. The fourth-order valence-corrected chi connectivity index (χ4v) is 1.53. The SMILES string of the molecule is COc1cccc(COCC(=O)c2ccco2)c1. The molecule has 0 saturated carbocycles. The van der Waals surface area contributed by atoms with E-state index >= 15 is 0 Å². The van der Waals surface area contributed by atoms with E-state index in [2.05, 4.69) is 0 Å². The molecular weight excluding hydrogens is 232 g/mol. The zero-order valence-corrected chi connectivity index (χ0v) is 10.1. The van der Waals surface area contributed by atoms with Crippen molar-refractivity contribution in [3.05, 3.63) is 54.0 Å². The second-order valence-corrected chi connectivity index (χ2v) is 3.74. The van der Waals surface area contributed by atoms with Crippen molar-refractivity contribution in [2.45, 2.75) is 6.61 Å². The molecule has 94 valence electrons. The van der Waals surface area contributed by atoms with E-state index < -0.39 is 0 Å². The molecule has 1 aromatic heterocycles. The summed E-state index contributed by atoms with van der Waals surface area (Å²) in [5, 5.41) is 0. The molecule has 0 unspecified atom stereocenters. The predicted octanol–water partition coefficient (Wildman–Crippen LogP) is 2.69. The summed E-state index contributed by atoms with van der Waals surface area (Å²) in [4.78, 5) is 11.6. The Kier molecular flexibility index (Phi) is 4.15. The van der Waals surface area contributed by atoms with Crippen molar-refractivity contribution in [2.24, 2.45) is 0 Å². The number of benzene rings is 1. The molecule has 0 aliphatic rings. The van der Waals surface area contributed by atoms with E-state index in [0.29, 0.717) is 12.4 Å². The molecule has 2 rings (SSSR count). The van der Waals surface area contributed by atoms with Crippen molar-refractivity contribution in [1.82, 2.24) is 0 Å². The van der Waals surface area contributed by atoms with Crippen LogP contribution >= 0.6 is 0 Å². The lowest BCUT2D eigenvalue weighted by molar-refractivity contribution is 0.0700. The van der Waals surface area contributed by atoms with Crippen molar-refractivity contribution in [2.75, 3.05) is 13.7 Å². The van der Waals surface area contributed by atoms with E-state index in [-0.39, 0.29) is 12.4 Å². The minimum absolute atomic E-state index is 0.00469. The second-order valence-electron chi connectivity index (χ2n) is 3.74. The molecule has 1 heterocycles. The predicted molar refractivity (Wildman–Crippen MR) is 65.7 cm³/mol. The number of rotatable bonds is 6. The Labute approximate surface area is 105 Å². The summed E-state index contributed by atoms with van der Waals surface area (Å²) in [6.45, 7) is 0.369. The molecule has 0 N–H and O–H groups in total. The molecule has 1 aromatic carbocycles. The molecule has 0 amide bonds. The summed E-state index contributed by atoms with van der Waals surface area (Å²) in [6.07, 6.45) is 1.47. The largest absolute Gasteiger partial charge is 0.497 e. The Bertz CT molecular complexity index is 502. The highest BCUT2D eigenvalue weighted by atomic mass is 16.5. The maximum Gasteiger partial charge on any atom is 0.223 e. The van der Waals surface area contributed by atoms with Crippen molar-refractivity contribution in [3.63, 3.8) is 0 Å². The Morgan fingerprint density at radius 3 is 2.89 bits per heavy atom. The summed E-state index contributed by atoms with van der Waals surface area (Å²) in [5.74, 6) is 0.928. The summed E-state index contributed by atoms with van der Waals surface area (Å²) in [5.41, 5.74) is 0.960. The summed E-state index contributed by atoms with van der Waals surface area (Å²) < 4.78 is 15.4. The smallest absolute Gasteiger partial charge is 0.223 e. The number of carbonyl (C=O) groups is 1. The summed E-state index contributed by atoms with van der Waals surface area (Å²) in [7, 11) is 1.61. The highest BCUT2D eigenvalue weighted by Crippen LogP contribution is 2.13. The Hall–Kier alpha value is -2.07. The van der Waals surface area contributed by atoms with Crippen LogP contribution < -0.4 is 4.74 Å². The van der Waals surface area contributed by atoms with Gasteiger partial charge in [0.15, 0.2) is 5.76 Å². The van der Waals surface area contributed by atoms with Crippen LogP contribution in [0.25, 0.3) is 0 Å². The number of methoxy groups -OCH3 is 1. The molecule has 2 aromatic rings. The molecule has 18 heavy (non-hydrogen) atoms. The van der Waals surface area contributed by atoms with Crippen LogP contribution in [0.15, 0.2) is 47.1 Å². The molecule has 4 heteroatoms. The normalized spacial score (nSPS) is 10.3. The van der Waals surface area contributed by atoms with Gasteiger partial charge in [-0.15, -0.1) is 0 Å². The Balaban J connectivity index is 1.83. The summed E-state index contributed by atoms with van der Waals surface area (Å²) >= 11 is 0. The zero-order chi connectivity index (χ0) is 12.8. The second kappa shape index (κ2) is 6.02. The maximum atomic E-state index is 11.6. The van der Waals surface area contributed by atoms with Crippen LogP contribution in [0.3, 0.4) is 0 Å². The van der Waals surface area contributed by atoms with Gasteiger partial charge < -0.3 is 13.9 Å². The van der Waals surface area contributed by atoms with E-state index in [1.807, 2.05) is 24.3 Å². The van der Waals surface area contributed by atoms with Gasteiger partial charge in [-0.25, -0.2) is 0 Å². The number of furan rings is 1. The molecule has 4 nitrogen and oxygen atoms in total. The van der Waals surface area contributed by atoms with Crippen LogP contribution in [0.5, 0.6) is 5.75 Å². The molecule has 0 fully saturated rings. The maximum absolute atomic E-state index is 11.6. The van der Waals surface area contributed by atoms with Gasteiger partial charge in [0, 0.05) is 0 Å². The van der Waals surface area contributed by atoms with Gasteiger partial charge in [0.2, 0.25) is 5.78 Å². The fraction of sp³-hybridized carbons (Fsp3) is 0.214. The van der Waals surface area contributed by atoms with Gasteiger partial charge in [-0.05, 0) is 29.8 Å². The molecule has 0 spiro atoms. The minimum Gasteiger partial charge on any atom is -0.497 e. The summed E-state index contributed by atoms with van der Waals surface area (Å²) in [6, 6.07) is 10.8. The van der Waals surface area contributed by atoms with Crippen LogP contribution in [0, 0.1) is 0 Å². The van der Waals surface area contributed by atoms with Crippen LogP contribution in [0.1, 0.15) is 16.1 Å². The van der Waals surface area contributed by atoms with Gasteiger partial charge in [0.25, 0.3) is 0 Å². The standard InChI is InChI=1S/C14H14O4/c1-16-12-5-2-4-11(8-12)9-17-10-13(15)14-6-3-7-18-14/h2-8H,9-10H2,1H3. The molecule has 0 radical (unpaired) electrons. The lowest BCUT2D eigenvalue weighted by Gasteiger charge is -2.05. The van der Waals surface area contributed by atoms with Gasteiger partial charge in [-0.2, -0.15) is 0 Å². The lowest BCUT2D eigenvalue weighted by atomic mass is 10.2. The van der Waals surface area contributed by atoms with E-state index in [1.165, 1.54) is 6.26 Å². The van der Waals surface area contributed by atoms with E-state index in [1.54, 1.807) is 19.2 Å². The van der Waals surface area contributed by atoms with Gasteiger partial charge >= 0.3 is 0 Å². The van der Waals surface area contributed by atoms with Crippen LogP contribution in [-0.4, -0.2) is 19.5 Å². The molecule has 0 aliphatic carbocycles. The molecule has 0 saturated heterocycles. The number of ether oxygens (including phenoxy) is 2. The highest BCUT2D eigenvalue weighted by molar-refractivity contribution is 5.94. The third kappa shape index (κ3) is 3.21. The Morgan fingerprint density at radius 1 is 1.28 bits per heavy atom. The first kappa shape index (κ1) is 12.4. The number of Topliss-reactive ketones (excluding diaryl/α,β-unsaturated/α-hetero) is 1. The van der Waals surface area contributed by atoms with Crippen LogP contribution in [0.2, 0.25) is 0 Å². The first-order valence-electron chi connectivity index (χ1n) is 5.57. The monoisotopic (exact) mass is 246 g/mol. The van der Waals surface area contributed by atoms with Gasteiger partial charge in [-0.1, -0.05) is 12.1 Å². The van der Waals surface area contributed by atoms with E-state index in [4.69, 9.17) is 13.9 Å². The first-order valence-corrected chi connectivity index (χ1v) is 5.57. The van der Waals surface area contributed by atoms with Gasteiger partial charge in [0.1, 0.15) is 12.4 Å². The average molecular weight is 246 g/mol. The van der Waals surface area contributed by atoms with Gasteiger partial charge in [-0.3, -0.25) is 4.79 Å². The average Bonchev–Trinajstić information content (AvgIpc) is 2.93. The fourth-order valence-electron chi connectivity index (χ4n) is 1.53. The van der Waals surface area contributed by atoms with Crippen molar-refractivity contribution in [1.29, 1.82) is 0 Å². The number of carbonyl (C=O) groups excluding carboxylic acids is 1. The molecule has 0 bridgehead atoms. The molecular formula is C14H14O4. The topological polar surface area (TPSA) is 48.7 Å². The quantitative estimate of drug-likeness (QED) is 0.735. The van der Waals surface area contributed by atoms with Gasteiger partial charge in [0.05, 0.1) is 20.0 Å². The van der Waals surface area contributed by atoms with Crippen molar-refractivity contribution in [3.8, 4) is 5.75 Å². The van der Waals surface area contributed by atoms with E-state index in [9.17, 15) is 4.79 Å². The van der Waals surface area contributed by atoms with Crippen LogP contribution in [0.4, 0.5) is 0 Å². The lowest BCUT2D eigenvalue weighted by Crippen LogP contribution is -2.08. The number of hydrogen-bond acceptors (Lipinski definition) is 4. The van der Waals surface area contributed by atoms with Crippen LogP contribution in [-0.2, 0) is 11.3 Å². The van der Waals surface area contributed by atoms with Crippen molar-refractivity contribution >= 4 is 5.78 Å². The minimum atomic E-state index is -0.164. The van der Waals surface area contributed by atoms with Crippen molar-refractivity contribution < 1.29 is 18.7 Å². The molecule has 0 aliphatic heterocycles. The number of ketones is 1. The van der Waals surface area contributed by atoms with E-state index in [0.717, 1.165) is 11.3 Å². The highest BCUT2D eigenvalue weighted by Gasteiger charge is 2.08. The zero-order valence-electron chi connectivity index (χ0n) is 10.1. The molecule has 0 atom stereocenters. The Morgan fingerprint density at radius 2 is 2.17 bits per heavy atom. The number of hydrogen-bond donors (Lipinski definition) is 0. The third-order valence-electron chi connectivity index (χ3n) is 2.43. The first-order chi connectivity index (χ1) is 8.79.